The van der Waals surface area contributed by atoms with Gasteiger partial charge in [-0.3, -0.25) is 0 Å². The van der Waals surface area contributed by atoms with Gasteiger partial charge in [-0.25, -0.2) is 0 Å². The molecule has 1 aromatic carbocycles. The summed E-state index contributed by atoms with van der Waals surface area (Å²) in [6.07, 6.45) is 6.27. The van der Waals surface area contributed by atoms with Gasteiger partial charge in [0.1, 0.15) is 0 Å². The monoisotopic (exact) mass is 242 g/mol. The molecule has 0 atom stereocenters. The summed E-state index contributed by atoms with van der Waals surface area (Å²) in [5, 5.41) is 0.829. The Balaban J connectivity index is 2.12. The van der Waals surface area contributed by atoms with Gasteiger partial charge < -0.3 is 0 Å². The highest BCUT2D eigenvalue weighted by atomic mass is 35.5. The van der Waals surface area contributed by atoms with E-state index < -0.39 is 0 Å². The van der Waals surface area contributed by atoms with E-state index in [1.54, 1.807) is 0 Å². The molecular formula is C13H16Cl2. The largest absolute Gasteiger partial charge is 0.126 e. The van der Waals surface area contributed by atoms with E-state index >= 15 is 0 Å². The van der Waals surface area contributed by atoms with Gasteiger partial charge in [0, 0.05) is 10.9 Å². The van der Waals surface area contributed by atoms with Crippen molar-refractivity contribution in [3.8, 4) is 0 Å². The maximum absolute atomic E-state index is 6.12. The average molecular weight is 243 g/mol. The summed E-state index contributed by atoms with van der Waals surface area (Å²) in [5.41, 5.74) is 1.66. The molecule has 82 valence electrons. The molecule has 2 heteroatoms. The topological polar surface area (TPSA) is 0 Å². The zero-order valence-corrected chi connectivity index (χ0v) is 10.3. The zero-order valence-electron chi connectivity index (χ0n) is 8.81. The van der Waals surface area contributed by atoms with Gasteiger partial charge in [0.05, 0.1) is 0 Å². The van der Waals surface area contributed by atoms with Gasteiger partial charge in [-0.05, 0) is 42.4 Å². The Morgan fingerprint density at radius 3 is 2.53 bits per heavy atom. The van der Waals surface area contributed by atoms with Crippen molar-refractivity contribution >= 4 is 23.2 Å². The predicted molar refractivity (Wildman–Crippen MR) is 66.8 cm³/mol. The minimum Gasteiger partial charge on any atom is -0.126 e. The van der Waals surface area contributed by atoms with Crippen LogP contribution in [-0.4, -0.2) is 5.88 Å². The fourth-order valence-electron chi connectivity index (χ4n) is 2.56. The molecule has 0 aliphatic heterocycles. The van der Waals surface area contributed by atoms with Crippen LogP contribution in [0.3, 0.4) is 0 Å². The maximum atomic E-state index is 6.12. The molecule has 1 saturated carbocycles. The summed E-state index contributed by atoms with van der Waals surface area (Å²) < 4.78 is 0. The van der Waals surface area contributed by atoms with E-state index in [1.165, 1.54) is 31.2 Å². The SMILES string of the molecule is ClCC1(Cc2cccc(Cl)c2)CCCC1. The average Bonchev–Trinajstić information content (AvgIpc) is 2.67. The second kappa shape index (κ2) is 4.76. The number of alkyl halides is 1. The van der Waals surface area contributed by atoms with Crippen LogP contribution in [0.1, 0.15) is 31.2 Å². The van der Waals surface area contributed by atoms with Crippen LogP contribution >= 0.6 is 23.2 Å². The van der Waals surface area contributed by atoms with Gasteiger partial charge in [-0.1, -0.05) is 36.6 Å². The number of hydrogen-bond donors (Lipinski definition) is 0. The first-order valence-corrected chi connectivity index (χ1v) is 6.46. The highest BCUT2D eigenvalue weighted by molar-refractivity contribution is 6.30. The van der Waals surface area contributed by atoms with Gasteiger partial charge in [0.2, 0.25) is 0 Å². The van der Waals surface area contributed by atoms with Gasteiger partial charge in [-0.2, -0.15) is 0 Å². The minimum atomic E-state index is 0.340. The van der Waals surface area contributed by atoms with Gasteiger partial charge in [0.25, 0.3) is 0 Å². The first-order chi connectivity index (χ1) is 7.24. The molecule has 0 bridgehead atoms. The molecule has 0 aromatic heterocycles. The third-order valence-electron chi connectivity index (χ3n) is 3.42. The molecule has 2 rings (SSSR count). The molecule has 1 aromatic rings. The number of hydrogen-bond acceptors (Lipinski definition) is 0. The second-order valence-corrected chi connectivity index (χ2v) is 5.35. The summed E-state index contributed by atoms with van der Waals surface area (Å²) in [6, 6.07) is 8.16. The van der Waals surface area contributed by atoms with Crippen LogP contribution in [0.4, 0.5) is 0 Å². The van der Waals surface area contributed by atoms with Crippen LogP contribution in [0.15, 0.2) is 24.3 Å². The van der Waals surface area contributed by atoms with Crippen molar-refractivity contribution in [3.63, 3.8) is 0 Å². The van der Waals surface area contributed by atoms with Crippen molar-refractivity contribution in [2.45, 2.75) is 32.1 Å². The van der Waals surface area contributed by atoms with Crippen LogP contribution in [0.2, 0.25) is 5.02 Å². The predicted octanol–water partition coefficient (Wildman–Crippen LogP) is 4.68. The molecule has 0 spiro atoms. The Morgan fingerprint density at radius 1 is 1.20 bits per heavy atom. The van der Waals surface area contributed by atoms with E-state index in [1.807, 2.05) is 12.1 Å². The smallest absolute Gasteiger partial charge is 0.0408 e. The first kappa shape index (κ1) is 11.3. The van der Waals surface area contributed by atoms with E-state index in [4.69, 9.17) is 23.2 Å². The van der Waals surface area contributed by atoms with Crippen LogP contribution in [0.25, 0.3) is 0 Å². The van der Waals surface area contributed by atoms with E-state index in [-0.39, 0.29) is 0 Å². The molecule has 0 amide bonds. The molecule has 0 radical (unpaired) electrons. The van der Waals surface area contributed by atoms with Crippen molar-refractivity contribution in [3.05, 3.63) is 34.9 Å². The number of halogens is 2. The zero-order chi connectivity index (χ0) is 10.7. The lowest BCUT2D eigenvalue weighted by atomic mass is 9.82. The second-order valence-electron chi connectivity index (χ2n) is 4.65. The number of rotatable bonds is 3. The molecule has 0 unspecified atom stereocenters. The molecule has 0 N–H and O–H groups in total. The Labute approximate surface area is 102 Å². The summed E-state index contributed by atoms with van der Waals surface area (Å²) in [7, 11) is 0. The first-order valence-electron chi connectivity index (χ1n) is 5.55. The van der Waals surface area contributed by atoms with Crippen molar-refractivity contribution in [2.75, 3.05) is 5.88 Å². The lowest BCUT2D eigenvalue weighted by molar-refractivity contribution is 0.341. The summed E-state index contributed by atoms with van der Waals surface area (Å²) in [6.45, 7) is 0. The summed E-state index contributed by atoms with van der Waals surface area (Å²) in [5.74, 6) is 0.777. The molecule has 0 saturated heterocycles. The Morgan fingerprint density at radius 2 is 1.93 bits per heavy atom. The molecule has 1 aliphatic rings. The lowest BCUT2D eigenvalue weighted by Crippen LogP contribution is -2.21. The molecular weight excluding hydrogens is 227 g/mol. The van der Waals surface area contributed by atoms with E-state index in [9.17, 15) is 0 Å². The highest BCUT2D eigenvalue weighted by Gasteiger charge is 2.32. The van der Waals surface area contributed by atoms with Crippen LogP contribution in [0.5, 0.6) is 0 Å². The number of benzene rings is 1. The Bertz CT molecular complexity index is 327. The fourth-order valence-corrected chi connectivity index (χ4v) is 3.14. The Hall–Kier alpha value is -0.200. The van der Waals surface area contributed by atoms with Crippen molar-refractivity contribution < 1.29 is 0 Å². The molecule has 1 fully saturated rings. The van der Waals surface area contributed by atoms with Crippen molar-refractivity contribution in [1.29, 1.82) is 0 Å². The van der Waals surface area contributed by atoms with Crippen LogP contribution in [-0.2, 0) is 6.42 Å². The minimum absolute atomic E-state index is 0.340. The van der Waals surface area contributed by atoms with E-state index in [0.717, 1.165) is 17.3 Å². The van der Waals surface area contributed by atoms with Crippen LogP contribution in [0, 0.1) is 5.41 Å². The Kier molecular flexibility index (Phi) is 3.58. The molecule has 0 heterocycles. The van der Waals surface area contributed by atoms with E-state index in [0.29, 0.717) is 5.41 Å². The van der Waals surface area contributed by atoms with E-state index in [2.05, 4.69) is 12.1 Å². The molecule has 15 heavy (non-hydrogen) atoms. The van der Waals surface area contributed by atoms with Crippen LogP contribution < -0.4 is 0 Å². The van der Waals surface area contributed by atoms with Gasteiger partial charge in [-0.15, -0.1) is 11.6 Å². The molecule has 1 aliphatic carbocycles. The summed E-state index contributed by atoms with van der Waals surface area (Å²) in [4.78, 5) is 0. The van der Waals surface area contributed by atoms with Crippen molar-refractivity contribution in [1.82, 2.24) is 0 Å². The maximum Gasteiger partial charge on any atom is 0.0408 e. The van der Waals surface area contributed by atoms with Crippen molar-refractivity contribution in [2.24, 2.45) is 5.41 Å². The quantitative estimate of drug-likeness (QED) is 0.676. The summed E-state index contributed by atoms with van der Waals surface area (Å²) >= 11 is 12.1. The standard InChI is InChI=1S/C13H16Cl2/c14-10-13(6-1-2-7-13)9-11-4-3-5-12(15)8-11/h3-5,8H,1-2,6-7,9-10H2. The highest BCUT2D eigenvalue weighted by Crippen LogP contribution is 2.42. The van der Waals surface area contributed by atoms with Gasteiger partial charge in [0.15, 0.2) is 0 Å². The fraction of sp³-hybridized carbons (Fsp3) is 0.538. The third kappa shape index (κ3) is 2.68. The third-order valence-corrected chi connectivity index (χ3v) is 4.22. The molecule has 0 nitrogen and oxygen atoms in total. The normalized spacial score (nSPS) is 19.3. The lowest BCUT2D eigenvalue weighted by Gasteiger charge is -2.26. The van der Waals surface area contributed by atoms with Gasteiger partial charge >= 0.3 is 0 Å².